The standard InChI is InChI=1S/C5H9ClTe/c6-5-3-1-2-4-7-5/h5H,1-4H2. The van der Waals surface area contributed by atoms with E-state index in [4.69, 9.17) is 11.6 Å². The molecule has 2 heteroatoms. The van der Waals surface area contributed by atoms with Crippen LogP contribution >= 0.6 is 11.6 Å². The topological polar surface area (TPSA) is 0 Å². The van der Waals surface area contributed by atoms with E-state index in [1.54, 1.807) is 0 Å². The summed E-state index contributed by atoms with van der Waals surface area (Å²) in [5.41, 5.74) is 0. The first-order chi connectivity index (χ1) is 3.39. The van der Waals surface area contributed by atoms with Crippen LogP contribution in [0, 0.1) is 0 Å². The molecule has 42 valence electrons. The van der Waals surface area contributed by atoms with Crippen LogP contribution in [-0.4, -0.2) is 24.3 Å². The summed E-state index contributed by atoms with van der Waals surface area (Å²) in [6.45, 7) is 0. The van der Waals surface area contributed by atoms with Gasteiger partial charge in [-0.15, -0.1) is 0 Å². The summed E-state index contributed by atoms with van der Waals surface area (Å²) >= 11 is 6.14. The van der Waals surface area contributed by atoms with Gasteiger partial charge in [-0.2, -0.15) is 0 Å². The summed E-state index contributed by atoms with van der Waals surface area (Å²) in [7, 11) is 0. The Morgan fingerprint density at radius 2 is 2.29 bits per heavy atom. The van der Waals surface area contributed by atoms with Gasteiger partial charge in [0.05, 0.1) is 0 Å². The van der Waals surface area contributed by atoms with Crippen LogP contribution in [0.15, 0.2) is 0 Å². The molecule has 1 unspecified atom stereocenters. The number of rotatable bonds is 0. The van der Waals surface area contributed by atoms with E-state index < -0.39 is 0 Å². The van der Waals surface area contributed by atoms with E-state index in [2.05, 4.69) is 0 Å². The van der Waals surface area contributed by atoms with Crippen LogP contribution < -0.4 is 0 Å². The van der Waals surface area contributed by atoms with Crippen molar-refractivity contribution < 1.29 is 0 Å². The first-order valence-electron chi connectivity index (χ1n) is 2.65. The van der Waals surface area contributed by atoms with Gasteiger partial charge in [-0.1, -0.05) is 0 Å². The molecule has 0 aromatic heterocycles. The summed E-state index contributed by atoms with van der Waals surface area (Å²) in [5, 5.41) is 0. The Hall–Kier alpha value is 1.08. The third kappa shape index (κ3) is 2.22. The fourth-order valence-electron chi connectivity index (χ4n) is 0.701. The zero-order valence-electron chi connectivity index (χ0n) is 4.19. The second kappa shape index (κ2) is 3.17. The van der Waals surface area contributed by atoms with Crippen molar-refractivity contribution in [2.75, 3.05) is 0 Å². The molecule has 0 aliphatic carbocycles. The molecule has 0 aromatic rings. The quantitative estimate of drug-likeness (QED) is 0.441. The number of hydrogen-bond donors (Lipinski definition) is 0. The Morgan fingerprint density at radius 1 is 1.43 bits per heavy atom. The molecular weight excluding hydrogens is 223 g/mol. The summed E-state index contributed by atoms with van der Waals surface area (Å²) in [6.07, 6.45) is 4.16. The average Bonchev–Trinajstić information content (AvgIpc) is 1.69. The van der Waals surface area contributed by atoms with Crippen LogP contribution in [0.3, 0.4) is 0 Å². The van der Waals surface area contributed by atoms with Crippen molar-refractivity contribution in [2.24, 2.45) is 0 Å². The van der Waals surface area contributed by atoms with Crippen molar-refractivity contribution >= 4 is 32.5 Å². The van der Waals surface area contributed by atoms with Crippen LogP contribution in [0.5, 0.6) is 0 Å². The molecule has 1 saturated heterocycles. The zero-order chi connectivity index (χ0) is 5.11. The molecule has 0 radical (unpaired) electrons. The first kappa shape index (κ1) is 6.20. The van der Waals surface area contributed by atoms with Crippen molar-refractivity contribution in [3.63, 3.8) is 0 Å². The Kier molecular flexibility index (Phi) is 2.81. The van der Waals surface area contributed by atoms with Crippen LogP contribution in [0.25, 0.3) is 0 Å². The third-order valence-electron chi connectivity index (χ3n) is 1.12. The molecule has 0 spiro atoms. The van der Waals surface area contributed by atoms with Crippen molar-refractivity contribution in [3.8, 4) is 0 Å². The summed E-state index contributed by atoms with van der Waals surface area (Å²) in [6, 6.07) is 0. The predicted octanol–water partition coefficient (Wildman–Crippen LogP) is 1.86. The molecule has 0 N–H and O–H groups in total. The second-order valence-corrected chi connectivity index (χ2v) is 6.86. The van der Waals surface area contributed by atoms with Crippen LogP contribution in [0.2, 0.25) is 4.47 Å². The molecule has 0 nitrogen and oxygen atoms in total. The molecule has 0 aromatic carbocycles. The van der Waals surface area contributed by atoms with Gasteiger partial charge >= 0.3 is 59.7 Å². The monoisotopic (exact) mass is 234 g/mol. The van der Waals surface area contributed by atoms with E-state index in [-0.39, 0.29) is 20.9 Å². The fourth-order valence-corrected chi connectivity index (χ4v) is 4.19. The fraction of sp³-hybridized carbons (Fsp3) is 1.00. The molecule has 1 aliphatic rings. The SMILES string of the molecule is ClC1CCCC[Te]1. The van der Waals surface area contributed by atoms with Gasteiger partial charge in [0, 0.05) is 0 Å². The molecule has 1 aliphatic heterocycles. The molecule has 0 amide bonds. The molecule has 0 bridgehead atoms. The molecule has 1 atom stereocenters. The summed E-state index contributed by atoms with van der Waals surface area (Å²) in [4.78, 5) is 0. The van der Waals surface area contributed by atoms with E-state index in [1.807, 2.05) is 0 Å². The Morgan fingerprint density at radius 3 is 2.57 bits per heavy atom. The molecular formula is C5H9ClTe. The maximum atomic E-state index is 5.87. The first-order valence-corrected chi connectivity index (χ1v) is 6.08. The van der Waals surface area contributed by atoms with Crippen molar-refractivity contribution in [3.05, 3.63) is 0 Å². The zero-order valence-corrected chi connectivity index (χ0v) is 7.28. The van der Waals surface area contributed by atoms with Crippen molar-refractivity contribution in [1.29, 1.82) is 0 Å². The van der Waals surface area contributed by atoms with Gasteiger partial charge in [-0.3, -0.25) is 0 Å². The van der Waals surface area contributed by atoms with Gasteiger partial charge in [-0.25, -0.2) is 0 Å². The Labute approximate surface area is 59.7 Å². The van der Waals surface area contributed by atoms with Gasteiger partial charge in [0.15, 0.2) is 0 Å². The molecule has 1 heterocycles. The van der Waals surface area contributed by atoms with Crippen LogP contribution in [0.1, 0.15) is 19.3 Å². The Bertz CT molecular complexity index is 50.0. The van der Waals surface area contributed by atoms with Gasteiger partial charge in [-0.05, 0) is 0 Å². The van der Waals surface area contributed by atoms with Gasteiger partial charge < -0.3 is 0 Å². The molecule has 1 fully saturated rings. The number of alkyl halides is 1. The van der Waals surface area contributed by atoms with E-state index in [1.165, 1.54) is 23.7 Å². The summed E-state index contributed by atoms with van der Waals surface area (Å²) in [5.74, 6) is 0. The minimum absolute atomic E-state index is 0.266. The maximum absolute atomic E-state index is 5.87. The van der Waals surface area contributed by atoms with Crippen molar-refractivity contribution in [1.82, 2.24) is 0 Å². The number of halogens is 1. The number of hydrogen-bond acceptors (Lipinski definition) is 0. The predicted molar refractivity (Wildman–Crippen MR) is 34.1 cm³/mol. The van der Waals surface area contributed by atoms with E-state index in [0.717, 1.165) is 0 Å². The minimum atomic E-state index is 0.266. The van der Waals surface area contributed by atoms with E-state index in [9.17, 15) is 0 Å². The summed E-state index contributed by atoms with van der Waals surface area (Å²) < 4.78 is 2.12. The van der Waals surface area contributed by atoms with Gasteiger partial charge in [0.25, 0.3) is 0 Å². The Balaban J connectivity index is 2.12. The molecule has 7 heavy (non-hydrogen) atoms. The van der Waals surface area contributed by atoms with E-state index in [0.29, 0.717) is 3.43 Å². The van der Waals surface area contributed by atoms with Crippen molar-refractivity contribution in [2.45, 2.75) is 27.2 Å². The average molecular weight is 232 g/mol. The van der Waals surface area contributed by atoms with E-state index >= 15 is 0 Å². The van der Waals surface area contributed by atoms with Gasteiger partial charge in [0.1, 0.15) is 0 Å². The van der Waals surface area contributed by atoms with Gasteiger partial charge in [0.2, 0.25) is 0 Å². The van der Waals surface area contributed by atoms with Crippen LogP contribution in [0.4, 0.5) is 0 Å². The third-order valence-corrected chi connectivity index (χ3v) is 5.39. The van der Waals surface area contributed by atoms with Crippen LogP contribution in [-0.2, 0) is 0 Å². The second-order valence-electron chi connectivity index (χ2n) is 1.78. The normalized spacial score (nSPS) is 33.0. The molecule has 1 rings (SSSR count). The molecule has 0 saturated carbocycles.